The number of carbonyl (C=O) groups excluding carboxylic acids is 1. The van der Waals surface area contributed by atoms with Crippen LogP contribution in [0.25, 0.3) is 10.9 Å². The van der Waals surface area contributed by atoms with Crippen molar-refractivity contribution in [2.75, 3.05) is 20.1 Å². The molecule has 1 saturated carbocycles. The van der Waals surface area contributed by atoms with Crippen molar-refractivity contribution in [1.82, 2.24) is 14.8 Å². The predicted octanol–water partition coefficient (Wildman–Crippen LogP) is 4.42. The lowest BCUT2D eigenvalue weighted by Crippen LogP contribution is -2.44. The highest BCUT2D eigenvalue weighted by atomic mass is 16.4. The van der Waals surface area contributed by atoms with Gasteiger partial charge >= 0.3 is 6.09 Å². The van der Waals surface area contributed by atoms with Crippen LogP contribution in [0.4, 0.5) is 4.79 Å². The van der Waals surface area contributed by atoms with E-state index in [1.807, 2.05) is 6.07 Å². The molecule has 1 fully saturated rings. The number of nitrogens with one attached hydrogen (secondary N) is 1. The van der Waals surface area contributed by atoms with Gasteiger partial charge in [0.2, 0.25) is 5.91 Å². The first-order valence-corrected chi connectivity index (χ1v) is 10.8. The zero-order valence-corrected chi connectivity index (χ0v) is 17.4. The van der Waals surface area contributed by atoms with E-state index in [-0.39, 0.29) is 17.9 Å². The zero-order valence-electron chi connectivity index (χ0n) is 17.4. The van der Waals surface area contributed by atoms with Gasteiger partial charge in [-0.05, 0) is 56.1 Å². The van der Waals surface area contributed by atoms with E-state index in [0.717, 1.165) is 50.6 Å². The highest BCUT2D eigenvalue weighted by molar-refractivity contribution is 5.86. The van der Waals surface area contributed by atoms with Crippen molar-refractivity contribution in [3.05, 3.63) is 35.5 Å². The Bertz CT molecular complexity index is 898. The summed E-state index contributed by atoms with van der Waals surface area (Å²) >= 11 is 0. The molecule has 2 heterocycles. The fourth-order valence-corrected chi connectivity index (χ4v) is 5.30. The van der Waals surface area contributed by atoms with E-state index in [1.165, 1.54) is 21.5 Å². The minimum atomic E-state index is -0.878. The lowest BCUT2D eigenvalue weighted by molar-refractivity contribution is -0.140. The lowest BCUT2D eigenvalue weighted by atomic mass is 9.80. The maximum atomic E-state index is 13.4. The molecule has 4 rings (SSSR count). The van der Waals surface area contributed by atoms with Crippen LogP contribution in [0.5, 0.6) is 0 Å². The van der Waals surface area contributed by atoms with Crippen LogP contribution in [0, 0.1) is 11.8 Å². The average molecular weight is 398 g/mol. The number of nitrogens with zero attached hydrogens (tertiary/aromatic N) is 2. The van der Waals surface area contributed by atoms with Gasteiger partial charge in [0.05, 0.1) is 6.04 Å². The molecule has 2 aliphatic rings. The van der Waals surface area contributed by atoms with Crippen molar-refractivity contribution in [3.63, 3.8) is 0 Å². The molecule has 0 radical (unpaired) electrons. The number of aromatic nitrogens is 1. The van der Waals surface area contributed by atoms with Crippen LogP contribution in [0.3, 0.4) is 0 Å². The Morgan fingerprint density at radius 3 is 2.62 bits per heavy atom. The van der Waals surface area contributed by atoms with Gasteiger partial charge in [-0.3, -0.25) is 4.79 Å². The molecular weight excluding hydrogens is 366 g/mol. The number of benzene rings is 1. The Hall–Kier alpha value is -2.50. The van der Waals surface area contributed by atoms with Gasteiger partial charge in [-0.2, -0.15) is 0 Å². The van der Waals surface area contributed by atoms with Gasteiger partial charge in [-0.25, -0.2) is 4.79 Å². The standard InChI is InChI=1S/C23H31N3O3/c1-3-20-21-18(17-6-4-5-7-19(17)24-21)12-13-26(20)22(27)16-10-8-15(9-11-16)14-25(2)23(28)29/h4-7,15-16,20,24H,3,8-14H2,1-2H3,(H,28,29). The van der Waals surface area contributed by atoms with Crippen LogP contribution in [-0.4, -0.2) is 52.0 Å². The molecule has 2 aromatic rings. The Labute approximate surface area is 171 Å². The second-order valence-corrected chi connectivity index (χ2v) is 8.65. The van der Waals surface area contributed by atoms with Crippen molar-refractivity contribution in [2.24, 2.45) is 11.8 Å². The third-order valence-corrected chi connectivity index (χ3v) is 6.88. The summed E-state index contributed by atoms with van der Waals surface area (Å²) < 4.78 is 0. The summed E-state index contributed by atoms with van der Waals surface area (Å²) in [6, 6.07) is 8.53. The normalized spacial score (nSPS) is 24.3. The van der Waals surface area contributed by atoms with E-state index in [9.17, 15) is 9.59 Å². The summed E-state index contributed by atoms with van der Waals surface area (Å²) in [5.74, 6) is 0.719. The molecule has 1 unspecified atom stereocenters. The number of fused-ring (bicyclic) bond motifs is 3. The summed E-state index contributed by atoms with van der Waals surface area (Å²) in [6.07, 6.45) is 4.51. The van der Waals surface area contributed by atoms with Crippen LogP contribution < -0.4 is 0 Å². The first-order valence-electron chi connectivity index (χ1n) is 10.8. The number of H-pyrrole nitrogens is 1. The fourth-order valence-electron chi connectivity index (χ4n) is 5.30. The molecule has 0 spiro atoms. The van der Waals surface area contributed by atoms with E-state index in [1.54, 1.807) is 7.05 Å². The minimum Gasteiger partial charge on any atom is -0.465 e. The van der Waals surface area contributed by atoms with Crippen LogP contribution in [0.2, 0.25) is 0 Å². The number of amides is 2. The molecule has 2 amide bonds. The van der Waals surface area contributed by atoms with Gasteiger partial charge in [0.15, 0.2) is 0 Å². The Balaban J connectivity index is 1.45. The van der Waals surface area contributed by atoms with Crippen LogP contribution in [0.15, 0.2) is 24.3 Å². The number of hydrogen-bond donors (Lipinski definition) is 2. The van der Waals surface area contributed by atoms with Crippen molar-refractivity contribution >= 4 is 22.9 Å². The Morgan fingerprint density at radius 1 is 1.21 bits per heavy atom. The quantitative estimate of drug-likeness (QED) is 0.802. The molecule has 1 atom stereocenters. The van der Waals surface area contributed by atoms with Gasteiger partial charge < -0.3 is 19.9 Å². The SMILES string of the molecule is CCC1c2[nH]c3ccccc3c2CCN1C(=O)C1CCC(CN(C)C(=O)O)CC1. The first-order chi connectivity index (χ1) is 14.0. The van der Waals surface area contributed by atoms with Crippen molar-refractivity contribution in [2.45, 2.75) is 51.5 Å². The smallest absolute Gasteiger partial charge is 0.407 e. The summed E-state index contributed by atoms with van der Waals surface area (Å²) in [6.45, 7) is 3.51. The summed E-state index contributed by atoms with van der Waals surface area (Å²) in [4.78, 5) is 31.5. The van der Waals surface area contributed by atoms with Crippen molar-refractivity contribution < 1.29 is 14.7 Å². The van der Waals surface area contributed by atoms with Gasteiger partial charge in [0.25, 0.3) is 0 Å². The van der Waals surface area contributed by atoms with Gasteiger partial charge in [0.1, 0.15) is 0 Å². The molecule has 156 valence electrons. The van der Waals surface area contributed by atoms with Gasteiger partial charge in [-0.15, -0.1) is 0 Å². The molecule has 6 nitrogen and oxygen atoms in total. The Morgan fingerprint density at radius 2 is 1.93 bits per heavy atom. The predicted molar refractivity (Wildman–Crippen MR) is 113 cm³/mol. The lowest BCUT2D eigenvalue weighted by Gasteiger charge is -2.39. The number of hydrogen-bond acceptors (Lipinski definition) is 2. The molecule has 1 aliphatic carbocycles. The molecule has 29 heavy (non-hydrogen) atoms. The monoisotopic (exact) mass is 397 g/mol. The maximum absolute atomic E-state index is 13.4. The van der Waals surface area contributed by atoms with Crippen LogP contribution in [-0.2, 0) is 11.2 Å². The highest BCUT2D eigenvalue weighted by Gasteiger charge is 2.36. The second-order valence-electron chi connectivity index (χ2n) is 8.65. The molecule has 1 aromatic carbocycles. The first kappa shape index (κ1) is 19.8. The molecule has 0 bridgehead atoms. The minimum absolute atomic E-state index is 0.0707. The third kappa shape index (κ3) is 3.72. The van der Waals surface area contributed by atoms with E-state index in [2.05, 4.69) is 35.0 Å². The van der Waals surface area contributed by atoms with Crippen molar-refractivity contribution in [3.8, 4) is 0 Å². The molecule has 6 heteroatoms. The fraction of sp³-hybridized carbons (Fsp3) is 0.565. The number of aromatic amines is 1. The molecule has 2 N–H and O–H groups in total. The van der Waals surface area contributed by atoms with E-state index < -0.39 is 6.09 Å². The van der Waals surface area contributed by atoms with E-state index >= 15 is 0 Å². The van der Waals surface area contributed by atoms with Crippen LogP contribution in [0.1, 0.15) is 56.3 Å². The summed E-state index contributed by atoms with van der Waals surface area (Å²) in [7, 11) is 1.62. The van der Waals surface area contributed by atoms with E-state index in [4.69, 9.17) is 5.11 Å². The second kappa shape index (κ2) is 8.09. The largest absolute Gasteiger partial charge is 0.465 e. The van der Waals surface area contributed by atoms with Crippen molar-refractivity contribution in [1.29, 1.82) is 0 Å². The number of para-hydroxylation sites is 1. The number of rotatable bonds is 4. The topological polar surface area (TPSA) is 76.6 Å². The molecule has 1 aliphatic heterocycles. The summed E-state index contributed by atoms with van der Waals surface area (Å²) in [5.41, 5.74) is 3.75. The molecule has 1 aromatic heterocycles. The number of carboxylic acid groups (broad SMARTS) is 1. The highest BCUT2D eigenvalue weighted by Crippen LogP contribution is 2.39. The average Bonchev–Trinajstić information content (AvgIpc) is 3.11. The van der Waals surface area contributed by atoms with Crippen LogP contribution >= 0.6 is 0 Å². The maximum Gasteiger partial charge on any atom is 0.407 e. The summed E-state index contributed by atoms with van der Waals surface area (Å²) in [5, 5.41) is 10.4. The Kier molecular flexibility index (Phi) is 5.52. The molecule has 0 saturated heterocycles. The van der Waals surface area contributed by atoms with Gasteiger partial charge in [-0.1, -0.05) is 25.1 Å². The third-order valence-electron chi connectivity index (χ3n) is 6.88. The molecular formula is C23H31N3O3. The number of carbonyl (C=O) groups is 2. The van der Waals surface area contributed by atoms with E-state index in [0.29, 0.717) is 12.5 Å². The van der Waals surface area contributed by atoms with Gasteiger partial charge in [0, 0.05) is 42.7 Å². The zero-order chi connectivity index (χ0) is 20.5.